The number of fused-ring (bicyclic) bond motifs is 2. The van der Waals surface area contributed by atoms with Crippen LogP contribution in [0, 0.1) is 0 Å². The molecule has 0 spiro atoms. The summed E-state index contributed by atoms with van der Waals surface area (Å²) in [5.41, 5.74) is 5.39. The Bertz CT molecular complexity index is 1200. The van der Waals surface area contributed by atoms with E-state index in [-0.39, 0.29) is 24.8 Å². The molecule has 2 aliphatic rings. The Balaban J connectivity index is 0.00000245. The van der Waals surface area contributed by atoms with Crippen LogP contribution in [-0.4, -0.2) is 17.6 Å². The number of aromatic nitrogens is 1. The zero-order valence-corrected chi connectivity index (χ0v) is 18.5. The van der Waals surface area contributed by atoms with Crippen molar-refractivity contribution in [2.45, 2.75) is 57.3 Å². The third-order valence-electron chi connectivity index (χ3n) is 6.64. The molecule has 1 fully saturated rings. The third-order valence-corrected chi connectivity index (χ3v) is 6.64. The summed E-state index contributed by atoms with van der Waals surface area (Å²) in [4.78, 5) is 17.0. The number of nitrogens with one attached hydrogen (secondary N) is 1. The maximum Gasteiger partial charge on any atom is 0.231 e. The van der Waals surface area contributed by atoms with Gasteiger partial charge in [0.15, 0.2) is 11.5 Å². The van der Waals surface area contributed by atoms with E-state index < -0.39 is 0 Å². The van der Waals surface area contributed by atoms with Gasteiger partial charge in [-0.3, -0.25) is 4.79 Å². The predicted molar refractivity (Wildman–Crippen MR) is 125 cm³/mol. The van der Waals surface area contributed by atoms with Gasteiger partial charge in [-0.2, -0.15) is 0 Å². The zero-order chi connectivity index (χ0) is 21.8. The number of hydrogen-bond acceptors (Lipinski definition) is 3. The molecule has 1 N–H and O–H groups in total. The fourth-order valence-corrected chi connectivity index (χ4v) is 4.80. The van der Waals surface area contributed by atoms with Crippen molar-refractivity contribution in [2.24, 2.45) is 0 Å². The lowest BCUT2D eigenvalue weighted by molar-refractivity contribution is -0.120. The molecule has 0 bridgehead atoms. The molecule has 1 aliphatic heterocycles. The van der Waals surface area contributed by atoms with Gasteiger partial charge < -0.3 is 14.5 Å². The number of H-pyrrole nitrogens is 1. The van der Waals surface area contributed by atoms with E-state index in [9.17, 15) is 4.79 Å². The second-order valence-corrected chi connectivity index (χ2v) is 9.85. The predicted octanol–water partition coefficient (Wildman–Crippen LogP) is 6.01. The molecule has 0 unspecified atom stereocenters. The summed E-state index contributed by atoms with van der Waals surface area (Å²) in [5, 5.41) is 1.20. The van der Waals surface area contributed by atoms with E-state index in [0.717, 1.165) is 47.4 Å². The first-order valence-electron chi connectivity index (χ1n) is 11.0. The topological polar surface area (TPSA) is 51.3 Å². The Kier molecular flexibility index (Phi) is 4.51. The average molecular weight is 418 g/mol. The van der Waals surface area contributed by atoms with E-state index in [0.29, 0.717) is 6.42 Å². The second-order valence-electron chi connectivity index (χ2n) is 9.85. The summed E-state index contributed by atoms with van der Waals surface area (Å²) in [6.07, 6.45) is 5.00. The van der Waals surface area contributed by atoms with Crippen molar-refractivity contribution in [3.8, 4) is 11.5 Å². The van der Waals surface area contributed by atoms with Crippen molar-refractivity contribution >= 4 is 16.7 Å². The van der Waals surface area contributed by atoms with Crippen molar-refractivity contribution in [2.75, 3.05) is 6.79 Å². The van der Waals surface area contributed by atoms with Gasteiger partial charge in [-0.05, 0) is 60.2 Å². The SMILES string of the molecule is C=CCc1c(C(C)(C)C)[nH]c2ccc(CC(=O)C3(c4ccc5c(c4)OCO5)CC3)cc12.[HH]. The zero-order valence-electron chi connectivity index (χ0n) is 18.5. The maximum atomic E-state index is 13.4. The molecule has 3 aromatic rings. The first-order chi connectivity index (χ1) is 14.8. The molecule has 1 saturated carbocycles. The molecule has 4 nitrogen and oxygen atoms in total. The minimum Gasteiger partial charge on any atom is -0.454 e. The number of rotatable bonds is 6. The first kappa shape index (κ1) is 19.9. The van der Waals surface area contributed by atoms with E-state index >= 15 is 0 Å². The Labute approximate surface area is 184 Å². The van der Waals surface area contributed by atoms with Crippen LogP contribution >= 0.6 is 0 Å². The van der Waals surface area contributed by atoms with Gasteiger partial charge in [-0.1, -0.05) is 39.0 Å². The van der Waals surface area contributed by atoms with Crippen LogP contribution in [0.15, 0.2) is 49.1 Å². The maximum absolute atomic E-state index is 13.4. The lowest BCUT2D eigenvalue weighted by atomic mass is 9.86. The molecule has 2 aromatic carbocycles. The number of Topliss-reactive ketones (excluding diaryl/α,β-unsaturated/α-hetero) is 1. The Hall–Kier alpha value is -3.01. The fraction of sp³-hybridized carbons (Fsp3) is 0.370. The molecule has 162 valence electrons. The van der Waals surface area contributed by atoms with Gasteiger partial charge in [0, 0.05) is 29.9 Å². The molecular formula is C27H31NO3. The summed E-state index contributed by atoms with van der Waals surface area (Å²) in [7, 11) is 0. The van der Waals surface area contributed by atoms with Crippen LogP contribution < -0.4 is 9.47 Å². The van der Waals surface area contributed by atoms with Crippen LogP contribution in [0.25, 0.3) is 10.9 Å². The number of aromatic amines is 1. The van der Waals surface area contributed by atoms with Crippen molar-refractivity contribution in [1.29, 1.82) is 0 Å². The second kappa shape index (κ2) is 7.01. The van der Waals surface area contributed by atoms with Crippen LogP contribution in [0.1, 0.15) is 57.4 Å². The monoisotopic (exact) mass is 417 g/mol. The number of ketones is 1. The quantitative estimate of drug-likeness (QED) is 0.500. The van der Waals surface area contributed by atoms with Crippen LogP contribution in [-0.2, 0) is 28.5 Å². The average Bonchev–Trinajstić information content (AvgIpc) is 3.27. The molecule has 0 amide bonds. The number of allylic oxidation sites excluding steroid dienone is 1. The first-order valence-corrected chi connectivity index (χ1v) is 11.0. The number of carbonyl (C=O) groups excluding carboxylic acids is 1. The smallest absolute Gasteiger partial charge is 0.231 e. The Morgan fingerprint density at radius 2 is 1.94 bits per heavy atom. The van der Waals surface area contributed by atoms with Crippen molar-refractivity contribution in [3.05, 3.63) is 71.4 Å². The Morgan fingerprint density at radius 1 is 1.16 bits per heavy atom. The normalized spacial score (nSPS) is 16.5. The molecule has 0 atom stereocenters. The molecule has 0 saturated heterocycles. The summed E-state index contributed by atoms with van der Waals surface area (Å²) < 4.78 is 11.0. The number of benzene rings is 2. The van der Waals surface area contributed by atoms with Gasteiger partial charge in [0.05, 0.1) is 5.41 Å². The van der Waals surface area contributed by atoms with Gasteiger partial charge in [0.1, 0.15) is 5.78 Å². The lowest BCUT2D eigenvalue weighted by Crippen LogP contribution is -2.22. The summed E-state index contributed by atoms with van der Waals surface area (Å²) in [6.45, 7) is 10.9. The number of hydrogen-bond donors (Lipinski definition) is 1. The highest BCUT2D eigenvalue weighted by Crippen LogP contribution is 2.51. The molecule has 1 aliphatic carbocycles. The van der Waals surface area contributed by atoms with Crippen LogP contribution in [0.3, 0.4) is 0 Å². The van der Waals surface area contributed by atoms with Crippen molar-refractivity contribution in [3.63, 3.8) is 0 Å². The standard InChI is InChI=1S/C27H29NO3.H2/c1-5-6-19-20-13-17(7-9-21(20)28-25(19)26(2,3)4)14-24(29)27(11-12-27)18-8-10-22-23(15-18)31-16-30-22;/h5,7-10,13,15,28H,1,6,11-12,14,16H2,2-4H3;1H. The highest BCUT2D eigenvalue weighted by Gasteiger charge is 2.50. The highest BCUT2D eigenvalue weighted by molar-refractivity contribution is 5.96. The summed E-state index contributed by atoms with van der Waals surface area (Å²) >= 11 is 0. The summed E-state index contributed by atoms with van der Waals surface area (Å²) in [6, 6.07) is 12.3. The number of carbonyl (C=O) groups is 1. The van der Waals surface area contributed by atoms with Gasteiger partial charge in [-0.25, -0.2) is 0 Å². The molecule has 1 aromatic heterocycles. The van der Waals surface area contributed by atoms with Gasteiger partial charge in [0.25, 0.3) is 0 Å². The molecule has 31 heavy (non-hydrogen) atoms. The Morgan fingerprint density at radius 3 is 2.65 bits per heavy atom. The highest BCUT2D eigenvalue weighted by atomic mass is 16.7. The molecule has 4 heteroatoms. The minimum absolute atomic E-state index is 0. The molecule has 5 rings (SSSR count). The van der Waals surface area contributed by atoms with E-state index in [1.165, 1.54) is 16.6 Å². The molecule has 2 heterocycles. The number of ether oxygens (including phenoxy) is 2. The fourth-order valence-electron chi connectivity index (χ4n) is 4.80. The minimum atomic E-state index is -0.380. The van der Waals surface area contributed by atoms with Crippen LogP contribution in [0.2, 0.25) is 0 Å². The van der Waals surface area contributed by atoms with Crippen LogP contribution in [0.5, 0.6) is 11.5 Å². The van der Waals surface area contributed by atoms with Crippen LogP contribution in [0.4, 0.5) is 0 Å². The summed E-state index contributed by atoms with van der Waals surface area (Å²) in [5.74, 6) is 1.78. The van der Waals surface area contributed by atoms with E-state index in [4.69, 9.17) is 9.47 Å². The van der Waals surface area contributed by atoms with E-state index in [1.807, 2.05) is 24.3 Å². The van der Waals surface area contributed by atoms with Gasteiger partial charge in [-0.15, -0.1) is 6.58 Å². The van der Waals surface area contributed by atoms with Crippen molar-refractivity contribution in [1.82, 2.24) is 4.98 Å². The van der Waals surface area contributed by atoms with E-state index in [2.05, 4.69) is 50.5 Å². The van der Waals surface area contributed by atoms with Gasteiger partial charge >= 0.3 is 0 Å². The lowest BCUT2D eigenvalue weighted by Gasteiger charge is -2.19. The molecular weight excluding hydrogens is 386 g/mol. The van der Waals surface area contributed by atoms with Crippen molar-refractivity contribution < 1.29 is 15.7 Å². The largest absolute Gasteiger partial charge is 0.454 e. The molecule has 0 radical (unpaired) electrons. The van der Waals surface area contributed by atoms with E-state index in [1.54, 1.807) is 0 Å². The van der Waals surface area contributed by atoms with Gasteiger partial charge in [0.2, 0.25) is 6.79 Å². The third kappa shape index (κ3) is 3.34.